The number of aromatic nitrogens is 1. The minimum Gasteiger partial charge on any atom is -0.361 e. The highest BCUT2D eigenvalue weighted by atomic mass is 16.5. The third-order valence-corrected chi connectivity index (χ3v) is 4.39. The van der Waals surface area contributed by atoms with Crippen LogP contribution < -0.4 is 5.32 Å². The molecule has 1 aliphatic heterocycles. The van der Waals surface area contributed by atoms with E-state index in [0.29, 0.717) is 5.92 Å². The first-order chi connectivity index (χ1) is 10.5. The number of likely N-dealkylation sites (tertiary alicyclic amines) is 1. The number of rotatable bonds is 4. The summed E-state index contributed by atoms with van der Waals surface area (Å²) in [5.41, 5.74) is 2.18. The van der Waals surface area contributed by atoms with E-state index in [2.05, 4.69) is 36.1 Å². The van der Waals surface area contributed by atoms with Crippen molar-refractivity contribution < 1.29 is 4.52 Å². The fraction of sp³-hybridized carbons (Fsp3) is 0.765. The van der Waals surface area contributed by atoms with Crippen molar-refractivity contribution in [3.63, 3.8) is 0 Å². The highest BCUT2D eigenvalue weighted by Crippen LogP contribution is 2.23. The lowest BCUT2D eigenvalue weighted by molar-refractivity contribution is 0.266. The maximum atomic E-state index is 5.28. The summed E-state index contributed by atoms with van der Waals surface area (Å²) in [5, 5.41) is 7.49. The molecule has 1 aromatic rings. The van der Waals surface area contributed by atoms with E-state index in [1.165, 1.54) is 18.4 Å². The lowest BCUT2D eigenvalue weighted by atomic mass is 9.99. The highest BCUT2D eigenvalue weighted by molar-refractivity contribution is 5.80. The second-order valence-electron chi connectivity index (χ2n) is 6.53. The van der Waals surface area contributed by atoms with Gasteiger partial charge in [0.1, 0.15) is 5.76 Å². The summed E-state index contributed by atoms with van der Waals surface area (Å²) in [5.74, 6) is 3.03. The minimum absolute atomic E-state index is 0.321. The average Bonchev–Trinajstić information content (AvgIpc) is 2.82. The van der Waals surface area contributed by atoms with Crippen molar-refractivity contribution in [3.05, 3.63) is 17.0 Å². The number of aliphatic imine (C=N–C) groups is 1. The van der Waals surface area contributed by atoms with Gasteiger partial charge in [-0.2, -0.15) is 0 Å². The molecule has 1 aromatic heterocycles. The summed E-state index contributed by atoms with van der Waals surface area (Å²) in [6, 6.07) is 0. The van der Waals surface area contributed by atoms with Gasteiger partial charge in [0.2, 0.25) is 0 Å². The Labute approximate surface area is 134 Å². The van der Waals surface area contributed by atoms with E-state index in [1.54, 1.807) is 0 Å². The lowest BCUT2D eigenvalue weighted by Gasteiger charge is -2.33. The second kappa shape index (κ2) is 7.65. The molecule has 2 heterocycles. The third-order valence-electron chi connectivity index (χ3n) is 4.39. The summed E-state index contributed by atoms with van der Waals surface area (Å²) >= 11 is 0. The first-order valence-electron chi connectivity index (χ1n) is 8.48. The van der Waals surface area contributed by atoms with Gasteiger partial charge >= 0.3 is 0 Å². The van der Waals surface area contributed by atoms with Crippen LogP contribution in [0.2, 0.25) is 0 Å². The molecule has 5 nitrogen and oxygen atoms in total. The molecule has 124 valence electrons. The Morgan fingerprint density at radius 2 is 2.27 bits per heavy atom. The molecule has 5 heteroatoms. The van der Waals surface area contributed by atoms with Crippen LogP contribution in [0.1, 0.15) is 56.5 Å². The van der Waals surface area contributed by atoms with E-state index in [4.69, 9.17) is 9.52 Å². The van der Waals surface area contributed by atoms with Crippen molar-refractivity contribution >= 4 is 5.96 Å². The molecule has 1 fully saturated rings. The number of piperidine rings is 1. The Morgan fingerprint density at radius 3 is 2.86 bits per heavy atom. The number of nitrogens with zero attached hydrogens (tertiary/aromatic N) is 3. The molecule has 2 unspecified atom stereocenters. The standard InChI is InChI=1S/C17H30N4O/c1-6-18-17(21-9-7-8-12(2)11-21)19-10-13(3)16-14(4)20-22-15(16)5/h12-13H,6-11H2,1-5H3,(H,18,19). The van der Waals surface area contributed by atoms with Crippen molar-refractivity contribution in [2.45, 2.75) is 53.4 Å². The highest BCUT2D eigenvalue weighted by Gasteiger charge is 2.20. The SMILES string of the molecule is CCNC(=NCC(C)c1c(C)noc1C)N1CCCC(C)C1. The van der Waals surface area contributed by atoms with Crippen LogP contribution in [0.15, 0.2) is 9.52 Å². The first-order valence-corrected chi connectivity index (χ1v) is 8.48. The third kappa shape index (κ3) is 4.02. The molecule has 0 saturated carbocycles. The Kier molecular flexibility index (Phi) is 5.86. The van der Waals surface area contributed by atoms with Crippen LogP contribution in [0.3, 0.4) is 0 Å². The summed E-state index contributed by atoms with van der Waals surface area (Å²) in [6.07, 6.45) is 2.58. The largest absolute Gasteiger partial charge is 0.361 e. The average molecular weight is 306 g/mol. The summed E-state index contributed by atoms with van der Waals surface area (Å²) in [6.45, 7) is 14.5. The van der Waals surface area contributed by atoms with Gasteiger partial charge in [-0.15, -0.1) is 0 Å². The van der Waals surface area contributed by atoms with Crippen molar-refractivity contribution in [1.82, 2.24) is 15.4 Å². The van der Waals surface area contributed by atoms with Crippen molar-refractivity contribution in [1.29, 1.82) is 0 Å². The number of hydrogen-bond acceptors (Lipinski definition) is 3. The quantitative estimate of drug-likeness (QED) is 0.686. The normalized spacial score (nSPS) is 21.0. The fourth-order valence-electron chi connectivity index (χ4n) is 3.32. The zero-order valence-electron chi connectivity index (χ0n) is 14.6. The molecule has 0 aromatic carbocycles. The van der Waals surface area contributed by atoms with Gasteiger partial charge in [-0.1, -0.05) is 19.0 Å². The number of guanidine groups is 1. The van der Waals surface area contributed by atoms with Gasteiger partial charge in [-0.05, 0) is 39.5 Å². The smallest absolute Gasteiger partial charge is 0.193 e. The molecule has 0 radical (unpaired) electrons. The molecule has 22 heavy (non-hydrogen) atoms. The Morgan fingerprint density at radius 1 is 1.50 bits per heavy atom. The number of nitrogens with one attached hydrogen (secondary N) is 1. The molecule has 0 amide bonds. The zero-order chi connectivity index (χ0) is 16.1. The molecule has 2 rings (SSSR count). The summed E-state index contributed by atoms with van der Waals surface area (Å²) < 4.78 is 5.28. The van der Waals surface area contributed by atoms with Crippen LogP contribution in [0, 0.1) is 19.8 Å². The van der Waals surface area contributed by atoms with Crippen LogP contribution in [-0.4, -0.2) is 42.2 Å². The second-order valence-corrected chi connectivity index (χ2v) is 6.53. The van der Waals surface area contributed by atoms with Crippen LogP contribution >= 0.6 is 0 Å². The molecule has 1 N–H and O–H groups in total. The van der Waals surface area contributed by atoms with Crippen molar-refractivity contribution in [2.75, 3.05) is 26.2 Å². The first kappa shape index (κ1) is 16.8. The Balaban J connectivity index is 2.06. The van der Waals surface area contributed by atoms with Gasteiger partial charge in [0.05, 0.1) is 5.69 Å². The van der Waals surface area contributed by atoms with Crippen molar-refractivity contribution in [3.8, 4) is 0 Å². The molecule has 1 saturated heterocycles. The van der Waals surface area contributed by atoms with E-state index in [0.717, 1.165) is 49.5 Å². The van der Waals surface area contributed by atoms with E-state index >= 15 is 0 Å². The Hall–Kier alpha value is -1.52. The van der Waals surface area contributed by atoms with Gasteiger partial charge < -0.3 is 14.7 Å². The fourth-order valence-corrected chi connectivity index (χ4v) is 3.32. The van der Waals surface area contributed by atoms with Gasteiger partial charge in [0.25, 0.3) is 0 Å². The number of hydrogen-bond donors (Lipinski definition) is 1. The zero-order valence-corrected chi connectivity index (χ0v) is 14.6. The van der Waals surface area contributed by atoms with Crippen LogP contribution in [0.25, 0.3) is 0 Å². The molecule has 2 atom stereocenters. The molecule has 1 aliphatic rings. The van der Waals surface area contributed by atoms with Gasteiger partial charge in [-0.25, -0.2) is 0 Å². The summed E-state index contributed by atoms with van der Waals surface area (Å²) in [4.78, 5) is 7.27. The Bertz CT molecular complexity index is 489. The molecular weight excluding hydrogens is 276 g/mol. The lowest BCUT2D eigenvalue weighted by Crippen LogP contribution is -2.46. The van der Waals surface area contributed by atoms with E-state index in [1.807, 2.05) is 13.8 Å². The topological polar surface area (TPSA) is 53.7 Å². The monoisotopic (exact) mass is 306 g/mol. The van der Waals surface area contributed by atoms with Crippen LogP contribution in [0.5, 0.6) is 0 Å². The maximum Gasteiger partial charge on any atom is 0.193 e. The molecular formula is C17H30N4O. The maximum absolute atomic E-state index is 5.28. The van der Waals surface area contributed by atoms with E-state index < -0.39 is 0 Å². The minimum atomic E-state index is 0.321. The van der Waals surface area contributed by atoms with Gasteiger partial charge in [0.15, 0.2) is 5.96 Å². The molecule has 0 aliphatic carbocycles. The van der Waals surface area contributed by atoms with Crippen molar-refractivity contribution in [2.24, 2.45) is 10.9 Å². The van der Waals surface area contributed by atoms with E-state index in [-0.39, 0.29) is 0 Å². The van der Waals surface area contributed by atoms with Gasteiger partial charge in [-0.3, -0.25) is 4.99 Å². The van der Waals surface area contributed by atoms with Gasteiger partial charge in [0, 0.05) is 37.7 Å². The number of aryl methyl sites for hydroxylation is 2. The van der Waals surface area contributed by atoms with E-state index in [9.17, 15) is 0 Å². The summed E-state index contributed by atoms with van der Waals surface area (Å²) in [7, 11) is 0. The van der Waals surface area contributed by atoms with Crippen LogP contribution in [0.4, 0.5) is 0 Å². The molecule has 0 spiro atoms. The van der Waals surface area contributed by atoms with Crippen LogP contribution in [-0.2, 0) is 0 Å². The molecule has 0 bridgehead atoms. The predicted octanol–water partition coefficient (Wildman–Crippen LogP) is 3.09. The predicted molar refractivity (Wildman–Crippen MR) is 90.3 cm³/mol.